The summed E-state index contributed by atoms with van der Waals surface area (Å²) in [6, 6.07) is 0. The topological polar surface area (TPSA) is 63.6 Å². The average Bonchev–Trinajstić information content (AvgIpc) is 2.95. The molecule has 4 heteroatoms. The molecule has 0 saturated heterocycles. The molecule has 0 aromatic rings. The van der Waals surface area contributed by atoms with E-state index in [1.165, 1.54) is 19.8 Å². The Labute approximate surface area is 163 Å². The molecule has 9 unspecified atom stereocenters. The highest BCUT2D eigenvalue weighted by Crippen LogP contribution is 2.67. The first-order valence-electron chi connectivity index (χ1n) is 11.0. The molecule has 4 nitrogen and oxygen atoms in total. The molecule has 1 N–H and O–H groups in total. The normalized spacial score (nSPS) is 51.7. The first kappa shape index (κ1) is 19.4. The van der Waals surface area contributed by atoms with E-state index in [4.69, 9.17) is 4.74 Å². The summed E-state index contributed by atoms with van der Waals surface area (Å²) in [5.74, 6) is 2.36. The zero-order valence-electron chi connectivity index (χ0n) is 17.4. The summed E-state index contributed by atoms with van der Waals surface area (Å²) in [5.41, 5.74) is 0.00132. The van der Waals surface area contributed by atoms with E-state index >= 15 is 0 Å². The molecule has 0 bridgehead atoms. The molecule has 4 aliphatic carbocycles. The van der Waals surface area contributed by atoms with E-state index in [2.05, 4.69) is 13.8 Å². The second kappa shape index (κ2) is 6.57. The van der Waals surface area contributed by atoms with Crippen molar-refractivity contribution in [2.75, 3.05) is 0 Å². The van der Waals surface area contributed by atoms with Gasteiger partial charge in [0, 0.05) is 18.3 Å². The molecular weight excluding hydrogens is 340 g/mol. The lowest BCUT2D eigenvalue weighted by molar-refractivity contribution is -0.179. The van der Waals surface area contributed by atoms with E-state index in [1.54, 1.807) is 6.92 Å². The van der Waals surface area contributed by atoms with E-state index in [9.17, 15) is 14.7 Å². The highest BCUT2D eigenvalue weighted by molar-refractivity contribution is 5.79. The summed E-state index contributed by atoms with van der Waals surface area (Å²) in [6.45, 7) is 7.86. The summed E-state index contributed by atoms with van der Waals surface area (Å²) < 4.78 is 5.54. The maximum atomic E-state index is 12.3. The molecule has 0 aromatic carbocycles. The van der Waals surface area contributed by atoms with E-state index in [0.29, 0.717) is 23.7 Å². The Bertz CT molecular complexity index is 630. The number of fused-ring (bicyclic) bond motifs is 5. The predicted octanol–water partition coefficient (Wildman–Crippen LogP) is 4.14. The van der Waals surface area contributed by atoms with Crippen molar-refractivity contribution in [2.24, 2.45) is 40.4 Å². The highest BCUT2D eigenvalue weighted by atomic mass is 16.5. The minimum absolute atomic E-state index is 0.0312. The summed E-state index contributed by atoms with van der Waals surface area (Å²) >= 11 is 0. The highest BCUT2D eigenvalue weighted by Gasteiger charge is 2.64. The van der Waals surface area contributed by atoms with E-state index in [-0.39, 0.29) is 40.7 Å². The largest absolute Gasteiger partial charge is 0.463 e. The molecule has 0 radical (unpaired) electrons. The van der Waals surface area contributed by atoms with Crippen LogP contribution in [0.1, 0.15) is 79.1 Å². The Morgan fingerprint density at radius 3 is 2.37 bits per heavy atom. The molecular formula is C23H36O4. The Hall–Kier alpha value is -0.900. The van der Waals surface area contributed by atoms with Crippen LogP contribution in [0.4, 0.5) is 0 Å². The Morgan fingerprint density at radius 2 is 1.70 bits per heavy atom. The van der Waals surface area contributed by atoms with Crippen molar-refractivity contribution in [3.05, 3.63) is 0 Å². The lowest BCUT2D eigenvalue weighted by Crippen LogP contribution is -2.59. The van der Waals surface area contributed by atoms with Crippen molar-refractivity contribution in [3.63, 3.8) is 0 Å². The molecule has 0 aromatic heterocycles. The third-order valence-electron chi connectivity index (χ3n) is 9.55. The molecule has 4 rings (SSSR count). The molecule has 4 fully saturated rings. The molecule has 4 saturated carbocycles. The van der Waals surface area contributed by atoms with Crippen molar-refractivity contribution in [3.8, 4) is 0 Å². The molecule has 0 amide bonds. The molecule has 0 heterocycles. The van der Waals surface area contributed by atoms with Crippen LogP contribution in [0.25, 0.3) is 0 Å². The quantitative estimate of drug-likeness (QED) is 0.736. The minimum atomic E-state index is -0.373. The van der Waals surface area contributed by atoms with Gasteiger partial charge in [-0.15, -0.1) is 0 Å². The number of rotatable bonds is 2. The molecule has 152 valence electrons. The van der Waals surface area contributed by atoms with Crippen molar-refractivity contribution in [2.45, 2.75) is 91.3 Å². The maximum absolute atomic E-state index is 12.3. The number of aliphatic hydroxyl groups is 1. The smallest absolute Gasteiger partial charge is 0.302 e. The standard InChI is InChI=1S/C23H36O4/c1-13(24)18-7-8-19-17-6-5-15-11-16(27-14(2)25)9-10-22(15,3)20(17)12-21(26)23(18,19)4/h15-21,26H,5-12H2,1-4H3. The third-order valence-corrected chi connectivity index (χ3v) is 9.55. The van der Waals surface area contributed by atoms with E-state index in [1.807, 2.05) is 0 Å². The monoisotopic (exact) mass is 376 g/mol. The number of carbonyl (C=O) groups excluding carboxylic acids is 2. The second-order valence-corrected chi connectivity index (χ2v) is 10.5. The van der Waals surface area contributed by atoms with Gasteiger partial charge in [0.25, 0.3) is 0 Å². The number of esters is 1. The Morgan fingerprint density at radius 1 is 0.963 bits per heavy atom. The Balaban J connectivity index is 1.58. The third kappa shape index (κ3) is 2.81. The summed E-state index contributed by atoms with van der Waals surface area (Å²) in [5, 5.41) is 11.3. The van der Waals surface area contributed by atoms with Crippen LogP contribution < -0.4 is 0 Å². The van der Waals surface area contributed by atoms with Crippen molar-refractivity contribution >= 4 is 11.8 Å². The Kier molecular flexibility index (Phi) is 4.73. The zero-order chi connectivity index (χ0) is 19.6. The maximum Gasteiger partial charge on any atom is 0.302 e. The van der Waals surface area contributed by atoms with Crippen molar-refractivity contribution in [1.29, 1.82) is 0 Å². The second-order valence-electron chi connectivity index (χ2n) is 10.5. The van der Waals surface area contributed by atoms with Gasteiger partial charge >= 0.3 is 5.97 Å². The molecule has 0 spiro atoms. The first-order chi connectivity index (χ1) is 12.7. The first-order valence-corrected chi connectivity index (χ1v) is 11.0. The van der Waals surface area contributed by atoms with Crippen molar-refractivity contribution < 1.29 is 19.4 Å². The van der Waals surface area contributed by atoms with E-state index < -0.39 is 0 Å². The van der Waals surface area contributed by atoms with Crippen LogP contribution in [0.15, 0.2) is 0 Å². The zero-order valence-corrected chi connectivity index (χ0v) is 17.4. The molecule has 0 aliphatic heterocycles. The van der Waals surface area contributed by atoms with Crippen LogP contribution in [0, 0.1) is 40.4 Å². The van der Waals surface area contributed by atoms with E-state index in [0.717, 1.165) is 38.5 Å². The predicted molar refractivity (Wildman–Crippen MR) is 103 cm³/mol. The molecule has 9 atom stereocenters. The van der Waals surface area contributed by atoms with Gasteiger partial charge in [0.05, 0.1) is 6.10 Å². The number of Topliss-reactive ketones (excluding diaryl/α,β-unsaturated/α-hetero) is 1. The van der Waals surface area contributed by atoms with Gasteiger partial charge in [-0.25, -0.2) is 0 Å². The van der Waals surface area contributed by atoms with Crippen molar-refractivity contribution in [1.82, 2.24) is 0 Å². The number of ketones is 1. The summed E-state index contributed by atoms with van der Waals surface area (Å²) in [4.78, 5) is 23.7. The SMILES string of the molecule is CC(=O)OC1CCC2(C)C(CCC3C2CC(O)C2(C)C(C(C)=O)CCC32)C1. The summed E-state index contributed by atoms with van der Waals surface area (Å²) in [6.07, 6.45) is 8.00. The fourth-order valence-electron chi connectivity index (χ4n) is 8.18. The molecule has 4 aliphatic rings. The van der Waals surface area contributed by atoms with Crippen LogP contribution in [0.2, 0.25) is 0 Å². The van der Waals surface area contributed by atoms with Crippen LogP contribution >= 0.6 is 0 Å². The summed E-state index contributed by atoms with van der Waals surface area (Å²) in [7, 11) is 0. The van der Waals surface area contributed by atoms with Gasteiger partial charge in [-0.05, 0) is 87.4 Å². The van der Waals surface area contributed by atoms with Gasteiger partial charge in [0.15, 0.2) is 0 Å². The van der Waals surface area contributed by atoms with Crippen LogP contribution in [-0.4, -0.2) is 29.1 Å². The minimum Gasteiger partial charge on any atom is -0.463 e. The van der Waals surface area contributed by atoms with Gasteiger partial charge in [0.1, 0.15) is 11.9 Å². The number of ether oxygens (including phenoxy) is 1. The van der Waals surface area contributed by atoms with Gasteiger partial charge in [-0.2, -0.15) is 0 Å². The molecule has 27 heavy (non-hydrogen) atoms. The number of hydrogen-bond donors (Lipinski definition) is 1. The van der Waals surface area contributed by atoms with Crippen LogP contribution in [-0.2, 0) is 14.3 Å². The van der Waals surface area contributed by atoms with Gasteiger partial charge in [0.2, 0.25) is 0 Å². The lowest BCUT2D eigenvalue weighted by atomic mass is 9.44. The van der Waals surface area contributed by atoms with Gasteiger partial charge in [-0.3, -0.25) is 9.59 Å². The fraction of sp³-hybridized carbons (Fsp3) is 0.913. The van der Waals surface area contributed by atoms with Crippen LogP contribution in [0.3, 0.4) is 0 Å². The van der Waals surface area contributed by atoms with Gasteiger partial charge in [-0.1, -0.05) is 13.8 Å². The average molecular weight is 377 g/mol. The number of hydrogen-bond acceptors (Lipinski definition) is 4. The number of carbonyl (C=O) groups is 2. The number of aliphatic hydroxyl groups excluding tert-OH is 1. The van der Waals surface area contributed by atoms with Crippen LogP contribution in [0.5, 0.6) is 0 Å². The lowest BCUT2D eigenvalue weighted by Gasteiger charge is -2.62. The fourth-order valence-corrected chi connectivity index (χ4v) is 8.18. The van der Waals surface area contributed by atoms with Gasteiger partial charge < -0.3 is 9.84 Å².